The molecule has 2 aromatic rings. The van der Waals surface area contributed by atoms with Crippen LogP contribution >= 0.6 is 0 Å². The van der Waals surface area contributed by atoms with Gasteiger partial charge in [-0.1, -0.05) is 6.07 Å². The zero-order valence-electron chi connectivity index (χ0n) is 14.5. The monoisotopic (exact) mass is 338 g/mol. The number of hydrogen-bond donors (Lipinski definition) is 2. The first-order chi connectivity index (χ1) is 12.1. The summed E-state index contributed by atoms with van der Waals surface area (Å²) in [7, 11) is 0. The van der Waals surface area contributed by atoms with Crippen molar-refractivity contribution < 1.29 is 14.6 Å². The van der Waals surface area contributed by atoms with Crippen molar-refractivity contribution in [2.24, 2.45) is 5.10 Å². The van der Waals surface area contributed by atoms with Gasteiger partial charge in [-0.2, -0.15) is 5.10 Å². The van der Waals surface area contributed by atoms with E-state index in [9.17, 15) is 9.90 Å². The van der Waals surface area contributed by atoms with Gasteiger partial charge in [0, 0.05) is 11.1 Å². The number of phenolic OH excluding ortho intramolecular Hbond substituents is 1. The van der Waals surface area contributed by atoms with E-state index >= 15 is 0 Å². The molecule has 1 aliphatic rings. The number of nitrogens with one attached hydrogen (secondary N) is 1. The van der Waals surface area contributed by atoms with Crippen LogP contribution in [0.3, 0.4) is 0 Å². The second-order valence-corrected chi connectivity index (χ2v) is 6.07. The predicted molar refractivity (Wildman–Crippen MR) is 97.4 cm³/mol. The number of carbonyl (C=O) groups excluding carboxylic acids is 1. The van der Waals surface area contributed by atoms with Crippen molar-refractivity contribution in [2.75, 3.05) is 6.61 Å². The fourth-order valence-corrected chi connectivity index (χ4v) is 3.11. The van der Waals surface area contributed by atoms with Crippen LogP contribution in [-0.2, 0) is 6.42 Å². The quantitative estimate of drug-likeness (QED) is 0.837. The van der Waals surface area contributed by atoms with Crippen molar-refractivity contribution >= 4 is 11.6 Å². The number of nitrogens with zero attached hydrogens (tertiary/aromatic N) is 1. The van der Waals surface area contributed by atoms with Gasteiger partial charge in [0.1, 0.15) is 11.5 Å². The second kappa shape index (κ2) is 7.38. The minimum atomic E-state index is -0.283. The zero-order chi connectivity index (χ0) is 17.8. The standard InChI is InChI=1S/C20H22N2O3/c1-3-25-15-10-8-14(9-11-15)20(24)22-21-17-6-4-5-16-13(2)7-12-18(23)19(16)17/h7-12,23H,3-6H2,1-2H3,(H,22,24)/b21-17+. The molecule has 0 heterocycles. The minimum Gasteiger partial charge on any atom is -0.507 e. The Morgan fingerprint density at radius 2 is 1.96 bits per heavy atom. The van der Waals surface area contributed by atoms with Crippen LogP contribution in [0, 0.1) is 6.92 Å². The van der Waals surface area contributed by atoms with E-state index in [0.717, 1.165) is 47.4 Å². The minimum absolute atomic E-state index is 0.217. The van der Waals surface area contributed by atoms with Crippen LogP contribution in [0.25, 0.3) is 0 Å². The third-order valence-corrected chi connectivity index (χ3v) is 4.37. The molecule has 25 heavy (non-hydrogen) atoms. The number of benzene rings is 2. The van der Waals surface area contributed by atoms with Crippen LogP contribution in [0.1, 0.15) is 46.8 Å². The lowest BCUT2D eigenvalue weighted by Crippen LogP contribution is -2.22. The Bertz CT molecular complexity index is 810. The highest BCUT2D eigenvalue weighted by Crippen LogP contribution is 2.31. The number of hydrogen-bond acceptors (Lipinski definition) is 4. The molecule has 5 nitrogen and oxygen atoms in total. The highest BCUT2D eigenvalue weighted by Gasteiger charge is 2.21. The Labute approximate surface area is 147 Å². The van der Waals surface area contributed by atoms with E-state index in [1.54, 1.807) is 30.3 Å². The molecule has 3 rings (SSSR count). The summed E-state index contributed by atoms with van der Waals surface area (Å²) in [4.78, 5) is 12.3. The maximum absolute atomic E-state index is 12.3. The number of rotatable bonds is 4. The molecule has 0 spiro atoms. The highest BCUT2D eigenvalue weighted by molar-refractivity contribution is 6.06. The molecule has 130 valence electrons. The van der Waals surface area contributed by atoms with Gasteiger partial charge in [-0.05, 0) is 74.6 Å². The Hall–Kier alpha value is -2.82. The van der Waals surface area contributed by atoms with E-state index < -0.39 is 0 Å². The molecule has 0 saturated carbocycles. The molecule has 0 radical (unpaired) electrons. The third-order valence-electron chi connectivity index (χ3n) is 4.37. The summed E-state index contributed by atoms with van der Waals surface area (Å²) in [5.74, 6) is 0.663. The number of ether oxygens (including phenoxy) is 1. The van der Waals surface area contributed by atoms with Crippen LogP contribution in [0.2, 0.25) is 0 Å². The van der Waals surface area contributed by atoms with Crippen LogP contribution < -0.4 is 10.2 Å². The van der Waals surface area contributed by atoms with E-state index in [0.29, 0.717) is 12.2 Å². The fourth-order valence-electron chi connectivity index (χ4n) is 3.11. The lowest BCUT2D eigenvalue weighted by atomic mass is 9.86. The molecule has 5 heteroatoms. The molecule has 1 aliphatic carbocycles. The SMILES string of the molecule is CCOc1ccc(C(=O)N/N=C2\CCCc3c(C)ccc(O)c32)cc1. The molecule has 0 aliphatic heterocycles. The largest absolute Gasteiger partial charge is 0.507 e. The zero-order valence-corrected chi connectivity index (χ0v) is 14.5. The first-order valence-corrected chi connectivity index (χ1v) is 8.51. The molecule has 0 bridgehead atoms. The molecule has 0 aromatic heterocycles. The summed E-state index contributed by atoms with van der Waals surface area (Å²) < 4.78 is 5.37. The Morgan fingerprint density at radius 3 is 2.68 bits per heavy atom. The van der Waals surface area contributed by atoms with Gasteiger partial charge in [0.15, 0.2) is 0 Å². The van der Waals surface area contributed by atoms with Gasteiger partial charge < -0.3 is 9.84 Å². The molecule has 0 unspecified atom stereocenters. The molecular formula is C20H22N2O3. The van der Waals surface area contributed by atoms with Crippen LogP contribution in [0.15, 0.2) is 41.5 Å². The number of fused-ring (bicyclic) bond motifs is 1. The smallest absolute Gasteiger partial charge is 0.271 e. The number of carbonyl (C=O) groups is 1. The van der Waals surface area contributed by atoms with Gasteiger partial charge in [-0.25, -0.2) is 5.43 Å². The highest BCUT2D eigenvalue weighted by atomic mass is 16.5. The maximum atomic E-state index is 12.3. The lowest BCUT2D eigenvalue weighted by Gasteiger charge is -2.21. The Morgan fingerprint density at radius 1 is 1.20 bits per heavy atom. The molecule has 2 N–H and O–H groups in total. The molecule has 0 atom stereocenters. The van der Waals surface area contributed by atoms with Gasteiger partial charge in [0.05, 0.1) is 12.3 Å². The Kier molecular flexibility index (Phi) is 5.03. The van der Waals surface area contributed by atoms with Crippen molar-refractivity contribution in [3.63, 3.8) is 0 Å². The topological polar surface area (TPSA) is 70.9 Å². The predicted octanol–water partition coefficient (Wildman–Crippen LogP) is 3.57. The second-order valence-electron chi connectivity index (χ2n) is 6.07. The first-order valence-electron chi connectivity index (χ1n) is 8.51. The van der Waals surface area contributed by atoms with E-state index in [2.05, 4.69) is 10.5 Å². The van der Waals surface area contributed by atoms with Crippen molar-refractivity contribution in [3.05, 3.63) is 58.7 Å². The van der Waals surface area contributed by atoms with Crippen molar-refractivity contribution in [1.29, 1.82) is 0 Å². The summed E-state index contributed by atoms with van der Waals surface area (Å²) >= 11 is 0. The average Bonchev–Trinajstić information content (AvgIpc) is 2.63. The summed E-state index contributed by atoms with van der Waals surface area (Å²) in [5.41, 5.74) is 6.85. The number of phenols is 1. The Balaban J connectivity index is 1.79. The summed E-state index contributed by atoms with van der Waals surface area (Å²) in [5, 5.41) is 14.5. The summed E-state index contributed by atoms with van der Waals surface area (Å²) in [6.07, 6.45) is 2.60. The van der Waals surface area contributed by atoms with E-state index in [1.807, 2.05) is 19.9 Å². The molecular weight excluding hydrogens is 316 g/mol. The summed E-state index contributed by atoms with van der Waals surface area (Å²) in [6, 6.07) is 10.5. The van der Waals surface area contributed by atoms with E-state index in [1.165, 1.54) is 0 Å². The van der Waals surface area contributed by atoms with Gasteiger partial charge in [-0.15, -0.1) is 0 Å². The number of aryl methyl sites for hydroxylation is 1. The maximum Gasteiger partial charge on any atom is 0.271 e. The number of hydrazone groups is 1. The van der Waals surface area contributed by atoms with Crippen molar-refractivity contribution in [3.8, 4) is 11.5 Å². The van der Waals surface area contributed by atoms with Crippen LogP contribution in [0.4, 0.5) is 0 Å². The third kappa shape index (κ3) is 3.65. The van der Waals surface area contributed by atoms with E-state index in [-0.39, 0.29) is 11.7 Å². The van der Waals surface area contributed by atoms with Crippen molar-refractivity contribution in [2.45, 2.75) is 33.1 Å². The molecule has 1 amide bonds. The number of aromatic hydroxyl groups is 1. The van der Waals surface area contributed by atoms with Gasteiger partial charge >= 0.3 is 0 Å². The first kappa shape index (κ1) is 17.0. The van der Waals surface area contributed by atoms with Gasteiger partial charge in [0.2, 0.25) is 0 Å². The van der Waals surface area contributed by atoms with Crippen LogP contribution in [-0.4, -0.2) is 23.3 Å². The van der Waals surface area contributed by atoms with Gasteiger partial charge in [0.25, 0.3) is 5.91 Å². The fraction of sp³-hybridized carbons (Fsp3) is 0.300. The van der Waals surface area contributed by atoms with Crippen LogP contribution in [0.5, 0.6) is 11.5 Å². The molecule has 0 fully saturated rings. The molecule has 2 aromatic carbocycles. The van der Waals surface area contributed by atoms with E-state index in [4.69, 9.17) is 4.74 Å². The average molecular weight is 338 g/mol. The lowest BCUT2D eigenvalue weighted by molar-refractivity contribution is 0.0954. The van der Waals surface area contributed by atoms with Gasteiger partial charge in [-0.3, -0.25) is 4.79 Å². The normalized spacial score (nSPS) is 14.9. The summed E-state index contributed by atoms with van der Waals surface area (Å²) in [6.45, 7) is 4.52. The van der Waals surface area contributed by atoms with Crippen molar-refractivity contribution in [1.82, 2.24) is 5.43 Å². The number of amides is 1. The molecule has 0 saturated heterocycles.